The highest BCUT2D eigenvalue weighted by Crippen LogP contribution is 2.25. The summed E-state index contributed by atoms with van der Waals surface area (Å²) in [7, 11) is 0. The molecule has 0 fully saturated rings. The summed E-state index contributed by atoms with van der Waals surface area (Å²) in [5, 5.41) is 13.7. The number of hydrogen-bond donors (Lipinski definition) is 1. The van der Waals surface area contributed by atoms with Crippen LogP contribution in [0, 0.1) is 10.1 Å². The Morgan fingerprint density at radius 3 is 2.67 bits per heavy atom. The van der Waals surface area contributed by atoms with Gasteiger partial charge in [0.05, 0.1) is 10.6 Å². The molecule has 0 spiro atoms. The van der Waals surface area contributed by atoms with Crippen molar-refractivity contribution in [2.24, 2.45) is 0 Å². The summed E-state index contributed by atoms with van der Waals surface area (Å²) in [4.78, 5) is 26.9. The first-order valence-electron chi connectivity index (χ1n) is 7.97. The number of nitro groups is 1. The van der Waals surface area contributed by atoms with Crippen LogP contribution in [0.4, 0.5) is 11.4 Å². The number of amides is 1. The largest absolute Gasteiger partial charge is 0.322 e. The van der Waals surface area contributed by atoms with E-state index in [1.807, 2.05) is 36.4 Å². The molecule has 0 aliphatic carbocycles. The number of benzene rings is 2. The standard InChI is InChI=1S/C20H14ClN3O3/c21-18-10-8-15(13-19(18)24(26)27)20(25)23-17-6-3-4-14(12-17)7-9-16-5-1-2-11-22-16/h1-13H,(H,23,25). The number of pyridine rings is 1. The van der Waals surface area contributed by atoms with Crippen LogP contribution in [0.25, 0.3) is 12.2 Å². The third-order valence-electron chi connectivity index (χ3n) is 3.68. The maximum absolute atomic E-state index is 12.4. The Bertz CT molecular complexity index is 1020. The summed E-state index contributed by atoms with van der Waals surface area (Å²) in [6.45, 7) is 0. The Hall–Kier alpha value is -3.51. The quantitative estimate of drug-likeness (QED) is 0.495. The predicted octanol–water partition coefficient (Wildman–Crippen LogP) is 5.07. The molecule has 27 heavy (non-hydrogen) atoms. The summed E-state index contributed by atoms with van der Waals surface area (Å²) in [5.41, 5.74) is 2.11. The van der Waals surface area contributed by atoms with Gasteiger partial charge < -0.3 is 5.32 Å². The van der Waals surface area contributed by atoms with Crippen LogP contribution in [0.15, 0.2) is 66.9 Å². The van der Waals surface area contributed by atoms with Crippen molar-refractivity contribution in [1.82, 2.24) is 4.98 Å². The normalized spacial score (nSPS) is 10.7. The van der Waals surface area contributed by atoms with Crippen molar-refractivity contribution in [1.29, 1.82) is 0 Å². The maximum atomic E-state index is 12.4. The van der Waals surface area contributed by atoms with Crippen molar-refractivity contribution in [3.63, 3.8) is 0 Å². The molecular weight excluding hydrogens is 366 g/mol. The van der Waals surface area contributed by atoms with Crippen LogP contribution in [0.5, 0.6) is 0 Å². The highest BCUT2D eigenvalue weighted by Gasteiger charge is 2.16. The van der Waals surface area contributed by atoms with Gasteiger partial charge in [-0.1, -0.05) is 35.9 Å². The number of carbonyl (C=O) groups is 1. The Kier molecular flexibility index (Phi) is 5.58. The summed E-state index contributed by atoms with van der Waals surface area (Å²) in [5.74, 6) is -0.458. The highest BCUT2D eigenvalue weighted by atomic mass is 35.5. The van der Waals surface area contributed by atoms with E-state index in [0.29, 0.717) is 5.69 Å². The third-order valence-corrected chi connectivity index (χ3v) is 4.00. The predicted molar refractivity (Wildman–Crippen MR) is 106 cm³/mol. The van der Waals surface area contributed by atoms with Gasteiger partial charge in [-0.25, -0.2) is 0 Å². The minimum absolute atomic E-state index is 0.0156. The van der Waals surface area contributed by atoms with Gasteiger partial charge in [0.1, 0.15) is 5.02 Å². The summed E-state index contributed by atoms with van der Waals surface area (Å²) < 4.78 is 0. The van der Waals surface area contributed by atoms with Crippen molar-refractivity contribution < 1.29 is 9.72 Å². The monoisotopic (exact) mass is 379 g/mol. The molecule has 1 heterocycles. The second-order valence-electron chi connectivity index (χ2n) is 5.59. The second-order valence-corrected chi connectivity index (χ2v) is 6.00. The lowest BCUT2D eigenvalue weighted by Crippen LogP contribution is -2.12. The van der Waals surface area contributed by atoms with Gasteiger partial charge in [0, 0.05) is 23.5 Å². The number of nitrogens with zero attached hydrogens (tertiary/aromatic N) is 2. The Balaban J connectivity index is 1.76. The van der Waals surface area contributed by atoms with E-state index in [0.717, 1.165) is 17.3 Å². The summed E-state index contributed by atoms with van der Waals surface area (Å²) >= 11 is 5.78. The molecule has 0 aliphatic rings. The molecule has 0 radical (unpaired) electrons. The van der Waals surface area contributed by atoms with Crippen LogP contribution in [-0.2, 0) is 0 Å². The number of nitrogens with one attached hydrogen (secondary N) is 1. The second kappa shape index (κ2) is 8.25. The van der Waals surface area contributed by atoms with Crippen molar-refractivity contribution in [3.8, 4) is 0 Å². The van der Waals surface area contributed by atoms with E-state index in [1.165, 1.54) is 12.1 Å². The zero-order chi connectivity index (χ0) is 19.2. The van der Waals surface area contributed by atoms with Crippen LogP contribution in [0.1, 0.15) is 21.6 Å². The molecule has 1 amide bonds. The zero-order valence-electron chi connectivity index (χ0n) is 14.0. The fourth-order valence-electron chi connectivity index (χ4n) is 2.37. The van der Waals surface area contributed by atoms with Crippen molar-refractivity contribution in [2.45, 2.75) is 0 Å². The number of rotatable bonds is 5. The van der Waals surface area contributed by atoms with Crippen LogP contribution >= 0.6 is 11.6 Å². The number of anilines is 1. The van der Waals surface area contributed by atoms with Crippen LogP contribution in [0.2, 0.25) is 5.02 Å². The number of nitro benzene ring substituents is 1. The van der Waals surface area contributed by atoms with Crippen molar-refractivity contribution >= 4 is 41.0 Å². The van der Waals surface area contributed by atoms with Gasteiger partial charge in [0.15, 0.2) is 0 Å². The lowest BCUT2D eigenvalue weighted by atomic mass is 10.1. The van der Waals surface area contributed by atoms with E-state index in [-0.39, 0.29) is 16.3 Å². The van der Waals surface area contributed by atoms with E-state index in [4.69, 9.17) is 11.6 Å². The Morgan fingerprint density at radius 1 is 1.07 bits per heavy atom. The topological polar surface area (TPSA) is 85.1 Å². The molecule has 0 bridgehead atoms. The molecule has 6 nitrogen and oxygen atoms in total. The summed E-state index contributed by atoms with van der Waals surface area (Å²) in [6.07, 6.45) is 5.45. The third kappa shape index (κ3) is 4.77. The minimum atomic E-state index is -0.623. The first-order valence-corrected chi connectivity index (χ1v) is 8.35. The Morgan fingerprint density at radius 2 is 1.93 bits per heavy atom. The smallest absolute Gasteiger partial charge is 0.288 e. The molecule has 0 saturated heterocycles. The first kappa shape index (κ1) is 18.3. The van der Waals surface area contributed by atoms with Gasteiger partial charge in [0.2, 0.25) is 0 Å². The average molecular weight is 380 g/mol. The maximum Gasteiger partial charge on any atom is 0.288 e. The van der Waals surface area contributed by atoms with Gasteiger partial charge >= 0.3 is 0 Å². The van der Waals surface area contributed by atoms with E-state index < -0.39 is 10.8 Å². The van der Waals surface area contributed by atoms with Gasteiger partial charge in [-0.15, -0.1) is 0 Å². The molecule has 0 aliphatic heterocycles. The molecule has 2 aromatic carbocycles. The number of aromatic nitrogens is 1. The average Bonchev–Trinajstić information content (AvgIpc) is 2.67. The number of halogens is 1. The van der Waals surface area contributed by atoms with E-state index in [1.54, 1.807) is 24.4 Å². The minimum Gasteiger partial charge on any atom is -0.322 e. The fraction of sp³-hybridized carbons (Fsp3) is 0. The molecule has 0 atom stereocenters. The first-order chi connectivity index (χ1) is 13.0. The van der Waals surface area contributed by atoms with Crippen molar-refractivity contribution in [3.05, 3.63) is 98.8 Å². The molecule has 7 heteroatoms. The molecule has 134 valence electrons. The molecule has 3 rings (SSSR count). The lowest BCUT2D eigenvalue weighted by molar-refractivity contribution is -0.384. The SMILES string of the molecule is O=C(Nc1cccc(C=Cc2ccccn2)c1)c1ccc(Cl)c([N+](=O)[O-])c1. The molecule has 1 aromatic heterocycles. The lowest BCUT2D eigenvalue weighted by Gasteiger charge is -2.06. The van der Waals surface area contributed by atoms with Crippen LogP contribution < -0.4 is 5.32 Å². The highest BCUT2D eigenvalue weighted by molar-refractivity contribution is 6.32. The molecular formula is C20H14ClN3O3. The summed E-state index contributed by atoms with van der Waals surface area (Å²) in [6, 6.07) is 16.8. The van der Waals surface area contributed by atoms with Crippen molar-refractivity contribution in [2.75, 3.05) is 5.32 Å². The van der Waals surface area contributed by atoms with Gasteiger partial charge in [0.25, 0.3) is 11.6 Å². The van der Waals surface area contributed by atoms with E-state index in [2.05, 4.69) is 10.3 Å². The van der Waals surface area contributed by atoms with Gasteiger partial charge in [-0.05, 0) is 48.0 Å². The van der Waals surface area contributed by atoms with Gasteiger partial charge in [-0.3, -0.25) is 19.9 Å². The molecule has 1 N–H and O–H groups in total. The number of hydrogen-bond acceptors (Lipinski definition) is 4. The fourth-order valence-corrected chi connectivity index (χ4v) is 2.56. The van der Waals surface area contributed by atoms with Gasteiger partial charge in [-0.2, -0.15) is 0 Å². The Labute approximate surface area is 160 Å². The van der Waals surface area contributed by atoms with Crippen LogP contribution in [-0.4, -0.2) is 15.8 Å². The molecule has 0 unspecified atom stereocenters. The van der Waals surface area contributed by atoms with Crippen LogP contribution in [0.3, 0.4) is 0 Å². The zero-order valence-corrected chi connectivity index (χ0v) is 14.8. The van der Waals surface area contributed by atoms with E-state index in [9.17, 15) is 14.9 Å². The molecule has 0 saturated carbocycles. The van der Waals surface area contributed by atoms with E-state index >= 15 is 0 Å². The molecule has 3 aromatic rings. The number of carbonyl (C=O) groups excluding carboxylic acids is 1.